The molecule has 0 atom stereocenters. The minimum atomic E-state index is -3.67. The highest BCUT2D eigenvalue weighted by Crippen LogP contribution is 2.34. The van der Waals surface area contributed by atoms with Gasteiger partial charge in [0.2, 0.25) is 0 Å². The van der Waals surface area contributed by atoms with E-state index in [9.17, 15) is 18.5 Å². The molecule has 1 aromatic heterocycles. The van der Waals surface area contributed by atoms with Crippen LogP contribution in [0.15, 0.2) is 30.3 Å². The molecule has 2 saturated heterocycles. The van der Waals surface area contributed by atoms with E-state index in [1.54, 1.807) is 31.6 Å². The van der Waals surface area contributed by atoms with Gasteiger partial charge in [-0.05, 0) is 61.5 Å². The van der Waals surface area contributed by atoms with Crippen LogP contribution >= 0.6 is 11.3 Å². The smallest absolute Gasteiger partial charge is 0.320 e. The summed E-state index contributed by atoms with van der Waals surface area (Å²) < 4.78 is 42.2. The summed E-state index contributed by atoms with van der Waals surface area (Å²) in [7, 11) is -0.495. The standard InChI is InChI=1S/C25H29N3O4S.CH4O3S/c1-30-22-6-4-18(15-23(22)31-2)19(16-26)14-21-5-7-24(33-21)28-12-8-20(9-13-28)32-25(29)17-27-10-3-11-27;1-5(2,3)4/h4-7,14-15,20H,3,8-13,17H2,1-2H3;1H3,(H,2,3,4)/b19-14+;. The molecule has 0 aliphatic carbocycles. The van der Waals surface area contributed by atoms with E-state index >= 15 is 0 Å². The maximum atomic E-state index is 12.1. The molecule has 0 bridgehead atoms. The van der Waals surface area contributed by atoms with Crippen molar-refractivity contribution in [3.63, 3.8) is 0 Å². The zero-order chi connectivity index (χ0) is 27.7. The highest BCUT2D eigenvalue weighted by atomic mass is 32.2. The molecule has 0 saturated carbocycles. The summed E-state index contributed by atoms with van der Waals surface area (Å²) in [6.07, 6.45) is 5.47. The summed E-state index contributed by atoms with van der Waals surface area (Å²) in [4.78, 5) is 17.5. The van der Waals surface area contributed by atoms with E-state index < -0.39 is 10.1 Å². The number of carbonyl (C=O) groups excluding carboxylic acids is 1. The minimum absolute atomic E-state index is 0.00426. The van der Waals surface area contributed by atoms with Crippen molar-refractivity contribution in [3.8, 4) is 17.6 Å². The number of anilines is 1. The van der Waals surface area contributed by atoms with Crippen LogP contribution < -0.4 is 14.4 Å². The van der Waals surface area contributed by atoms with E-state index in [-0.39, 0.29) is 12.1 Å². The van der Waals surface area contributed by atoms with Crippen LogP contribution in [0.5, 0.6) is 11.5 Å². The van der Waals surface area contributed by atoms with Crippen molar-refractivity contribution in [1.29, 1.82) is 5.26 Å². The Morgan fingerprint density at radius 2 is 1.79 bits per heavy atom. The number of benzene rings is 1. The van der Waals surface area contributed by atoms with Crippen molar-refractivity contribution >= 4 is 44.1 Å². The maximum absolute atomic E-state index is 12.1. The Morgan fingerprint density at radius 1 is 1.13 bits per heavy atom. The third-order valence-corrected chi connectivity index (χ3v) is 7.16. The molecule has 1 N–H and O–H groups in total. The Balaban J connectivity index is 0.000000732. The van der Waals surface area contributed by atoms with Crippen LogP contribution in [-0.4, -0.2) is 83.1 Å². The molecule has 38 heavy (non-hydrogen) atoms. The Bertz CT molecular complexity index is 1260. The molecule has 3 heterocycles. The number of hydrogen-bond donors (Lipinski definition) is 1. The first kappa shape index (κ1) is 29.4. The lowest BCUT2D eigenvalue weighted by molar-refractivity contribution is -0.152. The Hall–Kier alpha value is -3.11. The molecule has 1 aromatic carbocycles. The second-order valence-corrected chi connectivity index (χ2v) is 11.5. The van der Waals surface area contributed by atoms with E-state index in [0.29, 0.717) is 29.9 Å². The topological polar surface area (TPSA) is 129 Å². The van der Waals surface area contributed by atoms with Gasteiger partial charge in [0, 0.05) is 30.8 Å². The first-order valence-electron chi connectivity index (χ1n) is 12.1. The molecule has 2 aromatic rings. The van der Waals surface area contributed by atoms with Gasteiger partial charge in [-0.1, -0.05) is 0 Å². The van der Waals surface area contributed by atoms with Crippen molar-refractivity contribution in [3.05, 3.63) is 40.8 Å². The maximum Gasteiger partial charge on any atom is 0.320 e. The van der Waals surface area contributed by atoms with Crippen LogP contribution in [-0.2, 0) is 19.6 Å². The van der Waals surface area contributed by atoms with Gasteiger partial charge in [0.05, 0.1) is 43.7 Å². The number of carbonyl (C=O) groups is 1. The van der Waals surface area contributed by atoms with Crippen LogP contribution in [0, 0.1) is 11.3 Å². The summed E-state index contributed by atoms with van der Waals surface area (Å²) in [5.41, 5.74) is 1.35. The van der Waals surface area contributed by atoms with Gasteiger partial charge in [-0.3, -0.25) is 14.2 Å². The first-order chi connectivity index (χ1) is 18.1. The number of methoxy groups -OCH3 is 2. The lowest BCUT2D eigenvalue weighted by Gasteiger charge is -2.33. The fourth-order valence-electron chi connectivity index (χ4n) is 4.06. The minimum Gasteiger partial charge on any atom is -0.493 e. The molecule has 0 unspecified atom stereocenters. The van der Waals surface area contributed by atoms with Gasteiger partial charge in [0.1, 0.15) is 6.10 Å². The molecule has 0 amide bonds. The van der Waals surface area contributed by atoms with Crippen LogP contribution in [0.1, 0.15) is 29.7 Å². The lowest BCUT2D eigenvalue weighted by atomic mass is 10.1. The SMILES string of the molecule is COc1ccc(/C(C#N)=C/c2ccc(N3CCC(OC(=O)CN4CCC4)CC3)s2)cc1OC.CS(=O)(=O)O. The molecule has 2 aliphatic heterocycles. The highest BCUT2D eigenvalue weighted by Gasteiger charge is 2.25. The van der Waals surface area contributed by atoms with Crippen molar-refractivity contribution in [2.45, 2.75) is 25.4 Å². The number of hydrogen-bond acceptors (Lipinski definition) is 10. The van der Waals surface area contributed by atoms with E-state index in [0.717, 1.165) is 54.5 Å². The van der Waals surface area contributed by atoms with E-state index in [1.165, 1.54) is 6.42 Å². The molecular formula is C26H33N3O7S2. The Labute approximate surface area is 227 Å². The van der Waals surface area contributed by atoms with Crippen LogP contribution in [0.25, 0.3) is 11.6 Å². The normalized spacial score (nSPS) is 16.5. The predicted octanol–water partition coefficient (Wildman–Crippen LogP) is 3.55. The number of nitriles is 1. The fourth-order valence-corrected chi connectivity index (χ4v) is 5.06. The van der Waals surface area contributed by atoms with E-state index in [4.69, 9.17) is 18.8 Å². The molecular weight excluding hydrogens is 530 g/mol. The molecule has 2 fully saturated rings. The predicted molar refractivity (Wildman–Crippen MR) is 147 cm³/mol. The molecule has 0 spiro atoms. The van der Waals surface area contributed by atoms with E-state index in [1.807, 2.05) is 24.3 Å². The average molecular weight is 564 g/mol. The number of ether oxygens (including phenoxy) is 3. The number of esters is 1. The van der Waals surface area contributed by atoms with E-state index in [2.05, 4.69) is 21.9 Å². The number of rotatable bonds is 8. The van der Waals surface area contributed by atoms with Crippen LogP contribution in [0.2, 0.25) is 0 Å². The van der Waals surface area contributed by atoms with Gasteiger partial charge in [0.15, 0.2) is 11.5 Å². The Morgan fingerprint density at radius 3 is 2.34 bits per heavy atom. The lowest BCUT2D eigenvalue weighted by Crippen LogP contribution is -2.43. The van der Waals surface area contributed by atoms with Crippen LogP contribution in [0.3, 0.4) is 0 Å². The Kier molecular flexibility index (Phi) is 10.6. The molecule has 206 valence electrons. The third-order valence-electron chi connectivity index (χ3n) is 6.07. The molecule has 4 rings (SSSR count). The van der Waals surface area contributed by atoms with Gasteiger partial charge >= 0.3 is 5.97 Å². The highest BCUT2D eigenvalue weighted by molar-refractivity contribution is 7.85. The first-order valence-corrected chi connectivity index (χ1v) is 14.8. The van der Waals surface area contributed by atoms with Gasteiger partial charge < -0.3 is 19.1 Å². The summed E-state index contributed by atoms with van der Waals surface area (Å²) in [5.74, 6) is 1.12. The molecule has 10 nitrogen and oxygen atoms in total. The number of piperidine rings is 1. The van der Waals surface area contributed by atoms with Gasteiger partial charge in [0.25, 0.3) is 10.1 Å². The zero-order valence-corrected chi connectivity index (χ0v) is 23.4. The number of likely N-dealkylation sites (tertiary alicyclic amines) is 1. The van der Waals surface area contributed by atoms with Crippen molar-refractivity contribution in [1.82, 2.24) is 4.90 Å². The second-order valence-electron chi connectivity index (χ2n) is 8.95. The molecule has 12 heteroatoms. The quantitative estimate of drug-likeness (QED) is 0.289. The van der Waals surface area contributed by atoms with Crippen LogP contribution in [0.4, 0.5) is 5.00 Å². The van der Waals surface area contributed by atoms with Crippen molar-refractivity contribution < 1.29 is 32.0 Å². The van der Waals surface area contributed by atoms with Crippen molar-refractivity contribution in [2.75, 3.05) is 58.1 Å². The number of allylic oxidation sites excluding steroid dienone is 1. The summed E-state index contributed by atoms with van der Waals surface area (Å²) in [6.45, 7) is 4.13. The van der Waals surface area contributed by atoms with Gasteiger partial charge in [-0.15, -0.1) is 11.3 Å². The zero-order valence-electron chi connectivity index (χ0n) is 21.8. The fraction of sp³-hybridized carbons (Fsp3) is 0.462. The summed E-state index contributed by atoms with van der Waals surface area (Å²) in [6, 6.07) is 11.9. The third kappa shape index (κ3) is 9.02. The molecule has 2 aliphatic rings. The molecule has 0 radical (unpaired) electrons. The number of thiophene rings is 1. The number of nitrogens with zero attached hydrogens (tertiary/aromatic N) is 3. The second kappa shape index (κ2) is 13.6. The average Bonchev–Trinajstić information content (AvgIpc) is 3.32. The van der Waals surface area contributed by atoms with Gasteiger partial charge in [-0.2, -0.15) is 13.7 Å². The van der Waals surface area contributed by atoms with Gasteiger partial charge in [-0.25, -0.2) is 0 Å². The summed E-state index contributed by atoms with van der Waals surface area (Å²) >= 11 is 1.66. The van der Waals surface area contributed by atoms with Crippen molar-refractivity contribution in [2.24, 2.45) is 0 Å². The summed E-state index contributed by atoms with van der Waals surface area (Å²) in [5, 5.41) is 10.9. The largest absolute Gasteiger partial charge is 0.493 e. The monoisotopic (exact) mass is 563 g/mol.